The van der Waals surface area contributed by atoms with Crippen molar-refractivity contribution in [2.45, 2.75) is 42.0 Å². The summed E-state index contributed by atoms with van der Waals surface area (Å²) in [5, 5.41) is 25.2. The molecule has 7 aromatic carbocycles. The highest BCUT2D eigenvalue weighted by Gasteiger charge is 2.29. The van der Waals surface area contributed by atoms with Crippen molar-refractivity contribution in [3.8, 4) is 28.6 Å². The number of hydrogen-bond acceptors (Lipinski definition) is 13. The summed E-state index contributed by atoms with van der Waals surface area (Å²) in [5.74, 6) is -0.107. The lowest BCUT2D eigenvalue weighted by Crippen LogP contribution is -2.15. The summed E-state index contributed by atoms with van der Waals surface area (Å²) >= 11 is 0.801. The zero-order valence-electron chi connectivity index (χ0n) is 32.0. The molecule has 0 bridgehead atoms. The molecule has 0 unspecified atom stereocenters. The highest BCUT2D eigenvalue weighted by molar-refractivity contribution is 7.94. The van der Waals surface area contributed by atoms with Crippen LogP contribution in [-0.2, 0) is 36.2 Å². The van der Waals surface area contributed by atoms with Gasteiger partial charge in [0.1, 0.15) is 32.3 Å². The Kier molecular flexibility index (Phi) is 10.0. The molecule has 9 aromatic rings. The maximum atomic E-state index is 14.1. The Balaban J connectivity index is 1.31. The van der Waals surface area contributed by atoms with Gasteiger partial charge in [-0.3, -0.25) is 0 Å². The first-order valence-corrected chi connectivity index (χ1v) is 22.0. The van der Waals surface area contributed by atoms with Gasteiger partial charge in [-0.25, -0.2) is 10.2 Å². The number of benzene rings is 7. The van der Waals surface area contributed by atoms with Crippen molar-refractivity contribution in [2.75, 3.05) is 0 Å². The van der Waals surface area contributed by atoms with E-state index in [0.29, 0.717) is 39.2 Å². The smallest absolute Gasteiger partial charge is 0.339 e. The largest absolute Gasteiger partial charge is 0.378 e. The molecule has 0 atom stereocenters. The number of hydrogen-bond donors (Lipinski definition) is 1. The van der Waals surface area contributed by atoms with Crippen molar-refractivity contribution >= 4 is 75.9 Å². The number of fused-ring (bicyclic) bond motifs is 6. The predicted molar refractivity (Wildman–Crippen MR) is 227 cm³/mol. The highest BCUT2D eigenvalue weighted by Crippen LogP contribution is 2.42. The number of aryl methyl sites for hydroxylation is 3. The Bertz CT molecular complexity index is 3350. The van der Waals surface area contributed by atoms with E-state index in [9.17, 15) is 16.8 Å². The SMILES string of the molecule is CCn1c(-c2cc(OS(=O)(=O)c3ccc(C)cc3)c(-n3nc4ccc5cc(SOOO)ccc5c4n3)cc2OS(=O)(=O)c2ccc(C)cc2)nc2ccc3ccccc3c21. The van der Waals surface area contributed by atoms with Crippen molar-refractivity contribution < 1.29 is 39.8 Å². The van der Waals surface area contributed by atoms with Crippen LogP contribution < -0.4 is 8.37 Å². The van der Waals surface area contributed by atoms with Gasteiger partial charge in [0.15, 0.2) is 11.5 Å². The third-order valence-corrected chi connectivity index (χ3v) is 13.1. The van der Waals surface area contributed by atoms with Crippen LogP contribution in [0.3, 0.4) is 0 Å². The molecule has 0 aliphatic heterocycles. The predicted octanol–water partition coefficient (Wildman–Crippen LogP) is 9.34. The van der Waals surface area contributed by atoms with E-state index >= 15 is 0 Å². The fourth-order valence-corrected chi connectivity index (χ4v) is 9.35. The lowest BCUT2D eigenvalue weighted by molar-refractivity contribution is -0.432. The zero-order valence-corrected chi connectivity index (χ0v) is 34.5. The van der Waals surface area contributed by atoms with Crippen LogP contribution >= 0.6 is 12.0 Å². The first-order chi connectivity index (χ1) is 28.9. The van der Waals surface area contributed by atoms with Gasteiger partial charge >= 0.3 is 20.2 Å². The van der Waals surface area contributed by atoms with Gasteiger partial charge in [-0.05, 0) is 86.1 Å². The van der Waals surface area contributed by atoms with E-state index in [2.05, 4.69) is 9.37 Å². The lowest BCUT2D eigenvalue weighted by Gasteiger charge is -2.17. The molecule has 0 spiro atoms. The van der Waals surface area contributed by atoms with Gasteiger partial charge in [0.05, 0.1) is 28.6 Å². The average Bonchev–Trinajstić information content (AvgIpc) is 3.86. The monoisotopic (exact) mass is 859 g/mol. The Labute approximate surface area is 347 Å². The van der Waals surface area contributed by atoms with Crippen LogP contribution in [0.4, 0.5) is 0 Å². The summed E-state index contributed by atoms with van der Waals surface area (Å²) in [4.78, 5) is 6.60. The Hall–Kier alpha value is -6.34. The molecule has 60 heavy (non-hydrogen) atoms. The van der Waals surface area contributed by atoms with Crippen LogP contribution in [0.5, 0.6) is 11.5 Å². The van der Waals surface area contributed by atoms with Crippen molar-refractivity contribution in [1.82, 2.24) is 24.5 Å². The van der Waals surface area contributed by atoms with Gasteiger partial charge in [0.2, 0.25) is 0 Å². The summed E-state index contributed by atoms with van der Waals surface area (Å²) in [5.41, 5.74) is 4.08. The van der Waals surface area contributed by atoms with Gasteiger partial charge < -0.3 is 12.9 Å². The topological polar surface area (TPSA) is 174 Å². The van der Waals surface area contributed by atoms with Crippen molar-refractivity contribution in [3.63, 3.8) is 0 Å². The Morgan fingerprint density at radius 2 is 1.32 bits per heavy atom. The summed E-state index contributed by atoms with van der Waals surface area (Å²) in [6, 6.07) is 35.7. The zero-order chi connectivity index (χ0) is 41.8. The van der Waals surface area contributed by atoms with Crippen molar-refractivity contribution in [2.24, 2.45) is 0 Å². The normalized spacial score (nSPS) is 12.2. The molecule has 17 heteroatoms. The van der Waals surface area contributed by atoms with E-state index in [0.717, 1.165) is 44.8 Å². The van der Waals surface area contributed by atoms with E-state index in [4.69, 9.17) is 28.8 Å². The van der Waals surface area contributed by atoms with E-state index in [1.807, 2.05) is 67.8 Å². The number of aromatic nitrogens is 5. The third kappa shape index (κ3) is 7.20. The molecular formula is C43H33N5O9S3. The molecule has 2 heterocycles. The van der Waals surface area contributed by atoms with Crippen LogP contribution in [0.2, 0.25) is 0 Å². The first-order valence-electron chi connectivity index (χ1n) is 18.5. The minimum Gasteiger partial charge on any atom is -0.378 e. The van der Waals surface area contributed by atoms with Gasteiger partial charge in [-0.2, -0.15) is 16.8 Å². The van der Waals surface area contributed by atoms with Crippen LogP contribution in [-0.4, -0.2) is 46.6 Å². The van der Waals surface area contributed by atoms with Gasteiger partial charge in [-0.1, -0.05) is 82.9 Å². The molecule has 0 aliphatic carbocycles. The quantitative estimate of drug-likeness (QED) is 0.0533. The molecule has 9 rings (SSSR count). The van der Waals surface area contributed by atoms with Crippen LogP contribution in [0.15, 0.2) is 142 Å². The minimum atomic E-state index is -4.50. The second-order valence-electron chi connectivity index (χ2n) is 13.9. The summed E-state index contributed by atoms with van der Waals surface area (Å²) < 4.78 is 74.9. The molecule has 1 N–H and O–H groups in total. The average molecular weight is 860 g/mol. The van der Waals surface area contributed by atoms with Crippen molar-refractivity contribution in [3.05, 3.63) is 139 Å². The molecule has 14 nitrogen and oxygen atoms in total. The Morgan fingerprint density at radius 1 is 0.667 bits per heavy atom. The minimum absolute atomic E-state index is 0.0434. The molecule has 0 saturated heterocycles. The maximum Gasteiger partial charge on any atom is 0.339 e. The van der Waals surface area contributed by atoms with Crippen LogP contribution in [0.1, 0.15) is 18.1 Å². The van der Waals surface area contributed by atoms with Gasteiger partial charge in [0.25, 0.3) is 0 Å². The Morgan fingerprint density at radius 3 is 2.00 bits per heavy atom. The molecule has 0 aliphatic rings. The number of imidazole rings is 1. The lowest BCUT2D eigenvalue weighted by atomic mass is 10.1. The van der Waals surface area contributed by atoms with Crippen LogP contribution in [0, 0.1) is 13.8 Å². The fraction of sp³-hybridized carbons (Fsp3) is 0.0930. The molecule has 0 saturated carbocycles. The molecule has 0 fully saturated rings. The molecule has 302 valence electrons. The van der Waals surface area contributed by atoms with Crippen LogP contribution in [0.25, 0.3) is 60.7 Å². The second-order valence-corrected chi connectivity index (χ2v) is 17.7. The third-order valence-electron chi connectivity index (χ3n) is 9.98. The summed E-state index contributed by atoms with van der Waals surface area (Å²) in [6.45, 7) is 6.01. The van der Waals surface area contributed by atoms with E-state index < -0.39 is 20.2 Å². The van der Waals surface area contributed by atoms with Gasteiger partial charge in [-0.15, -0.1) is 19.3 Å². The van der Waals surface area contributed by atoms with E-state index in [1.54, 1.807) is 48.5 Å². The standard InChI is InChI=1S/C43H33N5O9S3/c1-4-47-42-34-8-6-5-7-28(34)13-22-37(42)44-43(47)35-24-40(55-60(52,53)32-18-11-27(3)12-19-32)38(25-39(35)54-59(50,51)31-16-9-26(2)10-17-31)48-45-36-21-14-29-23-30(58-57-56-49)15-20-33(29)41(36)46-48/h5-25,49H,4H2,1-3H3. The van der Waals surface area contributed by atoms with Gasteiger partial charge in [0, 0.05) is 28.3 Å². The first kappa shape index (κ1) is 39.1. The number of rotatable bonds is 12. The second kappa shape index (κ2) is 15.4. The van der Waals surface area contributed by atoms with E-state index in [-0.39, 0.29) is 32.5 Å². The summed E-state index contributed by atoms with van der Waals surface area (Å²) in [7, 11) is -8.98. The fourth-order valence-electron chi connectivity index (χ4n) is 7.07. The molecule has 0 amide bonds. The highest BCUT2D eigenvalue weighted by atomic mass is 32.2. The summed E-state index contributed by atoms with van der Waals surface area (Å²) in [6.07, 6.45) is 0. The molecule has 2 aromatic heterocycles. The molecular weight excluding hydrogens is 827 g/mol. The van der Waals surface area contributed by atoms with Crippen molar-refractivity contribution in [1.29, 1.82) is 0 Å². The molecule has 0 radical (unpaired) electrons. The van der Waals surface area contributed by atoms with E-state index in [1.165, 1.54) is 41.2 Å². The maximum absolute atomic E-state index is 14.1. The number of nitrogens with zero attached hydrogens (tertiary/aromatic N) is 5.